The van der Waals surface area contributed by atoms with E-state index in [1.165, 1.54) is 4.90 Å². The highest BCUT2D eigenvalue weighted by atomic mass is 16.5. The zero-order valence-corrected chi connectivity index (χ0v) is 13.7. The molecule has 6 nitrogen and oxygen atoms in total. The third kappa shape index (κ3) is 4.25. The van der Waals surface area contributed by atoms with Gasteiger partial charge in [-0.3, -0.25) is 9.59 Å². The van der Waals surface area contributed by atoms with Crippen LogP contribution in [-0.4, -0.2) is 37.5 Å². The van der Waals surface area contributed by atoms with Crippen LogP contribution in [0.4, 0.5) is 0 Å². The van der Waals surface area contributed by atoms with Crippen molar-refractivity contribution in [3.8, 4) is 11.5 Å². The summed E-state index contributed by atoms with van der Waals surface area (Å²) in [5.74, 6) is 0.196. The third-order valence-electron chi connectivity index (χ3n) is 3.53. The zero-order valence-electron chi connectivity index (χ0n) is 13.7. The van der Waals surface area contributed by atoms with Gasteiger partial charge in [0, 0.05) is 19.2 Å². The molecule has 0 unspecified atom stereocenters. The van der Waals surface area contributed by atoms with E-state index in [4.69, 9.17) is 15.2 Å². The van der Waals surface area contributed by atoms with Crippen LogP contribution in [0.2, 0.25) is 0 Å². The van der Waals surface area contributed by atoms with Crippen LogP contribution < -0.4 is 15.2 Å². The summed E-state index contributed by atoms with van der Waals surface area (Å²) in [6.45, 7) is 0.208. The Kier molecular flexibility index (Phi) is 5.78. The summed E-state index contributed by atoms with van der Waals surface area (Å²) in [4.78, 5) is 25.1. The molecule has 0 aliphatic rings. The molecular formula is C18H20N2O4. The maximum atomic E-state index is 12.2. The molecule has 0 atom stereocenters. The van der Waals surface area contributed by atoms with E-state index >= 15 is 0 Å². The molecule has 0 aromatic heterocycles. The minimum absolute atomic E-state index is 0.185. The summed E-state index contributed by atoms with van der Waals surface area (Å²) in [5.41, 5.74) is 6.43. The van der Waals surface area contributed by atoms with Gasteiger partial charge in [-0.25, -0.2) is 0 Å². The number of nitrogens with two attached hydrogens (primary N) is 1. The second-order valence-electron chi connectivity index (χ2n) is 5.21. The van der Waals surface area contributed by atoms with E-state index in [2.05, 4.69) is 0 Å². The maximum Gasteiger partial charge on any atom is 0.260 e. The van der Waals surface area contributed by atoms with Crippen molar-refractivity contribution in [1.82, 2.24) is 4.90 Å². The lowest BCUT2D eigenvalue weighted by atomic mass is 10.2. The largest absolute Gasteiger partial charge is 0.496 e. The molecule has 0 radical (unpaired) electrons. The predicted molar refractivity (Wildman–Crippen MR) is 89.9 cm³/mol. The van der Waals surface area contributed by atoms with Crippen LogP contribution in [-0.2, 0) is 11.3 Å². The normalized spacial score (nSPS) is 10.1. The highest BCUT2D eigenvalue weighted by Crippen LogP contribution is 2.20. The van der Waals surface area contributed by atoms with Crippen molar-refractivity contribution in [2.75, 3.05) is 20.8 Å². The van der Waals surface area contributed by atoms with Crippen LogP contribution in [0.1, 0.15) is 15.9 Å². The van der Waals surface area contributed by atoms with E-state index in [9.17, 15) is 9.59 Å². The monoisotopic (exact) mass is 328 g/mol. The fourth-order valence-electron chi connectivity index (χ4n) is 2.22. The molecule has 6 heteroatoms. The van der Waals surface area contributed by atoms with Gasteiger partial charge in [0.1, 0.15) is 11.5 Å². The summed E-state index contributed by atoms with van der Waals surface area (Å²) in [5, 5.41) is 0. The Morgan fingerprint density at radius 1 is 1.04 bits per heavy atom. The Morgan fingerprint density at radius 3 is 2.33 bits per heavy atom. The number of primary amides is 1. The molecule has 0 saturated carbocycles. The second kappa shape index (κ2) is 8.01. The van der Waals surface area contributed by atoms with E-state index in [-0.39, 0.29) is 18.1 Å². The molecule has 2 N–H and O–H groups in total. The number of methoxy groups -OCH3 is 1. The van der Waals surface area contributed by atoms with Crippen LogP contribution in [0.3, 0.4) is 0 Å². The van der Waals surface area contributed by atoms with Gasteiger partial charge in [0.25, 0.3) is 11.8 Å². The Labute approximate surface area is 140 Å². The highest BCUT2D eigenvalue weighted by molar-refractivity contribution is 5.95. The Bertz CT molecular complexity index is 730. The third-order valence-corrected chi connectivity index (χ3v) is 3.53. The molecule has 2 rings (SSSR count). The molecule has 24 heavy (non-hydrogen) atoms. The summed E-state index contributed by atoms with van der Waals surface area (Å²) in [6, 6.07) is 14.0. The number of likely N-dealkylation sites (N-methyl/N-ethyl adjacent to an activating group) is 1. The second-order valence-corrected chi connectivity index (χ2v) is 5.21. The van der Waals surface area contributed by atoms with E-state index in [0.29, 0.717) is 12.3 Å². The van der Waals surface area contributed by atoms with Crippen molar-refractivity contribution in [1.29, 1.82) is 0 Å². The topological polar surface area (TPSA) is 81.9 Å². The highest BCUT2D eigenvalue weighted by Gasteiger charge is 2.14. The molecule has 0 heterocycles. The number of amides is 2. The summed E-state index contributed by atoms with van der Waals surface area (Å²) >= 11 is 0. The van der Waals surface area contributed by atoms with Crippen LogP contribution in [0, 0.1) is 0 Å². The SMILES string of the molecule is COc1ccccc1CN(C)C(=O)COc1ccccc1C(N)=O. The van der Waals surface area contributed by atoms with Crippen molar-refractivity contribution in [3.05, 3.63) is 59.7 Å². The van der Waals surface area contributed by atoms with E-state index in [1.54, 1.807) is 38.4 Å². The standard InChI is InChI=1S/C18H20N2O4/c1-20(11-13-7-3-5-9-15(13)23-2)17(21)12-24-16-10-6-4-8-14(16)18(19)22/h3-10H,11-12H2,1-2H3,(H2,19,22). The van der Waals surface area contributed by atoms with Crippen molar-refractivity contribution < 1.29 is 19.1 Å². The van der Waals surface area contributed by atoms with Crippen molar-refractivity contribution in [3.63, 3.8) is 0 Å². The first-order valence-electron chi connectivity index (χ1n) is 7.40. The van der Waals surface area contributed by atoms with Crippen molar-refractivity contribution in [2.24, 2.45) is 5.73 Å². The fraction of sp³-hybridized carbons (Fsp3) is 0.222. The smallest absolute Gasteiger partial charge is 0.260 e. The maximum absolute atomic E-state index is 12.2. The van der Waals surface area contributed by atoms with Crippen molar-refractivity contribution >= 4 is 11.8 Å². The first kappa shape index (κ1) is 17.3. The van der Waals surface area contributed by atoms with Gasteiger partial charge in [-0.05, 0) is 18.2 Å². The summed E-state index contributed by atoms with van der Waals surface area (Å²) in [6.07, 6.45) is 0. The number of ether oxygens (including phenoxy) is 2. The minimum atomic E-state index is -0.597. The molecule has 2 amide bonds. The molecule has 2 aromatic rings. The lowest BCUT2D eigenvalue weighted by Crippen LogP contribution is -2.31. The van der Waals surface area contributed by atoms with Crippen LogP contribution >= 0.6 is 0 Å². The van der Waals surface area contributed by atoms with Gasteiger partial charge in [0.15, 0.2) is 6.61 Å². The van der Waals surface area contributed by atoms with Gasteiger partial charge in [-0.2, -0.15) is 0 Å². The van der Waals surface area contributed by atoms with Crippen LogP contribution in [0.25, 0.3) is 0 Å². The van der Waals surface area contributed by atoms with E-state index in [0.717, 1.165) is 11.3 Å². The summed E-state index contributed by atoms with van der Waals surface area (Å²) in [7, 11) is 3.27. The van der Waals surface area contributed by atoms with Gasteiger partial charge in [0.05, 0.1) is 12.7 Å². The lowest BCUT2D eigenvalue weighted by molar-refractivity contribution is -0.132. The van der Waals surface area contributed by atoms with Gasteiger partial charge >= 0.3 is 0 Å². The van der Waals surface area contributed by atoms with Gasteiger partial charge in [-0.1, -0.05) is 30.3 Å². The number of carbonyl (C=O) groups is 2. The first-order valence-corrected chi connectivity index (χ1v) is 7.40. The van der Waals surface area contributed by atoms with Gasteiger partial charge in [-0.15, -0.1) is 0 Å². The fourth-order valence-corrected chi connectivity index (χ4v) is 2.22. The predicted octanol–water partition coefficient (Wildman–Crippen LogP) is 1.83. The Morgan fingerprint density at radius 2 is 1.67 bits per heavy atom. The van der Waals surface area contributed by atoms with Crippen LogP contribution in [0.15, 0.2) is 48.5 Å². The first-order chi connectivity index (χ1) is 11.5. The van der Waals surface area contributed by atoms with Crippen LogP contribution in [0.5, 0.6) is 11.5 Å². The van der Waals surface area contributed by atoms with E-state index < -0.39 is 5.91 Å². The van der Waals surface area contributed by atoms with Crippen molar-refractivity contribution in [2.45, 2.75) is 6.54 Å². The zero-order chi connectivity index (χ0) is 17.5. The van der Waals surface area contributed by atoms with Gasteiger partial charge < -0.3 is 20.1 Å². The number of benzene rings is 2. The number of hydrogen-bond acceptors (Lipinski definition) is 4. The number of hydrogen-bond donors (Lipinski definition) is 1. The average Bonchev–Trinajstić information content (AvgIpc) is 2.60. The average molecular weight is 328 g/mol. The molecule has 126 valence electrons. The number of carbonyl (C=O) groups excluding carboxylic acids is 2. The number of para-hydroxylation sites is 2. The molecule has 0 fully saturated rings. The molecule has 0 aliphatic heterocycles. The minimum Gasteiger partial charge on any atom is -0.496 e. The molecule has 0 spiro atoms. The number of nitrogens with zero attached hydrogens (tertiary/aromatic N) is 1. The molecule has 0 aliphatic carbocycles. The van der Waals surface area contributed by atoms with E-state index in [1.807, 2.05) is 24.3 Å². The van der Waals surface area contributed by atoms with Gasteiger partial charge in [0.2, 0.25) is 0 Å². The number of rotatable bonds is 7. The Balaban J connectivity index is 1.99. The quantitative estimate of drug-likeness (QED) is 0.841. The molecule has 0 saturated heterocycles. The Hall–Kier alpha value is -3.02. The molecular weight excluding hydrogens is 308 g/mol. The molecule has 2 aromatic carbocycles. The summed E-state index contributed by atoms with van der Waals surface area (Å²) < 4.78 is 10.7. The molecule has 0 bridgehead atoms. The lowest BCUT2D eigenvalue weighted by Gasteiger charge is -2.19.